The van der Waals surface area contributed by atoms with Crippen molar-refractivity contribution in [2.45, 2.75) is 20.4 Å². The third-order valence-electron chi connectivity index (χ3n) is 5.52. The zero-order chi connectivity index (χ0) is 22.5. The van der Waals surface area contributed by atoms with Crippen LogP contribution in [0.5, 0.6) is 0 Å². The summed E-state index contributed by atoms with van der Waals surface area (Å²) < 4.78 is 20.4. The molecule has 2 heterocycles. The lowest BCUT2D eigenvalue weighted by molar-refractivity contribution is -0.111. The molecule has 166 valence electrons. The zero-order valence-corrected chi connectivity index (χ0v) is 18.3. The molecule has 1 aliphatic heterocycles. The number of carbonyl (C=O) groups is 1. The Kier molecular flexibility index (Phi) is 6.78. The van der Waals surface area contributed by atoms with Crippen molar-refractivity contribution >= 4 is 17.7 Å². The molecule has 3 aromatic rings. The third kappa shape index (κ3) is 5.30. The molecule has 1 saturated heterocycles. The number of aryl methyl sites for hydroxylation is 1. The molecular formula is C25H27FN4O2. The summed E-state index contributed by atoms with van der Waals surface area (Å²) in [5, 5.41) is 7.47. The summed E-state index contributed by atoms with van der Waals surface area (Å²) in [5.41, 5.74) is 5.23. The number of amides is 1. The fraction of sp³-hybridized carbons (Fsp3) is 0.280. The maximum absolute atomic E-state index is 13.2. The van der Waals surface area contributed by atoms with E-state index in [-0.39, 0.29) is 11.7 Å². The van der Waals surface area contributed by atoms with Gasteiger partial charge < -0.3 is 10.1 Å². The molecule has 0 radical (unpaired) electrons. The molecule has 1 amide bonds. The van der Waals surface area contributed by atoms with Crippen molar-refractivity contribution in [3.63, 3.8) is 0 Å². The van der Waals surface area contributed by atoms with Crippen molar-refractivity contribution in [3.8, 4) is 5.69 Å². The summed E-state index contributed by atoms with van der Waals surface area (Å²) in [6.07, 6.45) is 3.28. The smallest absolute Gasteiger partial charge is 0.248 e. The molecule has 1 aliphatic rings. The van der Waals surface area contributed by atoms with Crippen LogP contribution in [0.25, 0.3) is 11.8 Å². The van der Waals surface area contributed by atoms with Gasteiger partial charge in [-0.25, -0.2) is 9.07 Å². The Bertz CT molecular complexity index is 1120. The van der Waals surface area contributed by atoms with Crippen LogP contribution in [-0.4, -0.2) is 46.9 Å². The lowest BCUT2D eigenvalue weighted by Crippen LogP contribution is -2.35. The van der Waals surface area contributed by atoms with Gasteiger partial charge in [0.15, 0.2) is 0 Å². The first-order valence-corrected chi connectivity index (χ1v) is 10.7. The molecule has 2 aromatic carbocycles. The van der Waals surface area contributed by atoms with Crippen molar-refractivity contribution in [1.29, 1.82) is 0 Å². The van der Waals surface area contributed by atoms with Gasteiger partial charge in [0.2, 0.25) is 5.91 Å². The second kappa shape index (κ2) is 9.89. The van der Waals surface area contributed by atoms with Gasteiger partial charge in [-0.05, 0) is 61.9 Å². The number of carbonyl (C=O) groups excluding carboxylic acids is 1. The molecule has 0 bridgehead atoms. The number of ether oxygens (including phenoxy) is 1. The van der Waals surface area contributed by atoms with Gasteiger partial charge in [-0.2, -0.15) is 5.10 Å². The highest BCUT2D eigenvalue weighted by Gasteiger charge is 2.12. The largest absolute Gasteiger partial charge is 0.379 e. The van der Waals surface area contributed by atoms with Crippen LogP contribution in [0.1, 0.15) is 22.5 Å². The lowest BCUT2D eigenvalue weighted by atomic mass is 10.1. The number of rotatable bonds is 6. The van der Waals surface area contributed by atoms with E-state index in [0.717, 1.165) is 66.7 Å². The molecular weight excluding hydrogens is 407 g/mol. The molecule has 1 N–H and O–H groups in total. The van der Waals surface area contributed by atoms with E-state index >= 15 is 0 Å². The van der Waals surface area contributed by atoms with E-state index in [1.807, 2.05) is 32.0 Å². The van der Waals surface area contributed by atoms with E-state index in [0.29, 0.717) is 0 Å². The Hall–Kier alpha value is -3.29. The van der Waals surface area contributed by atoms with Gasteiger partial charge in [0.1, 0.15) is 5.82 Å². The molecule has 1 fully saturated rings. The number of hydrogen-bond donors (Lipinski definition) is 1. The molecule has 32 heavy (non-hydrogen) atoms. The van der Waals surface area contributed by atoms with Gasteiger partial charge in [0.05, 0.1) is 24.6 Å². The average Bonchev–Trinajstić information content (AvgIpc) is 3.07. The number of nitrogens with one attached hydrogen (secondary N) is 1. The third-order valence-corrected chi connectivity index (χ3v) is 5.52. The number of anilines is 1. The fourth-order valence-electron chi connectivity index (χ4n) is 3.84. The van der Waals surface area contributed by atoms with Gasteiger partial charge in [-0.1, -0.05) is 12.1 Å². The Labute approximate surface area is 187 Å². The monoisotopic (exact) mass is 434 g/mol. The van der Waals surface area contributed by atoms with E-state index in [2.05, 4.69) is 21.4 Å². The first-order valence-electron chi connectivity index (χ1n) is 10.7. The number of morpholine rings is 1. The Balaban J connectivity index is 1.43. The first kappa shape index (κ1) is 21.9. The molecule has 0 saturated carbocycles. The van der Waals surface area contributed by atoms with E-state index in [9.17, 15) is 9.18 Å². The number of nitrogens with zero attached hydrogens (tertiary/aromatic N) is 3. The predicted octanol–water partition coefficient (Wildman–Crippen LogP) is 4.11. The van der Waals surface area contributed by atoms with Crippen LogP contribution in [0.15, 0.2) is 54.6 Å². The van der Waals surface area contributed by atoms with Gasteiger partial charge >= 0.3 is 0 Å². The molecule has 6 nitrogen and oxygen atoms in total. The first-order chi connectivity index (χ1) is 15.5. The Morgan fingerprint density at radius 1 is 1.16 bits per heavy atom. The molecule has 4 rings (SSSR count). The predicted molar refractivity (Wildman–Crippen MR) is 123 cm³/mol. The van der Waals surface area contributed by atoms with Gasteiger partial charge in [0, 0.05) is 42.7 Å². The van der Waals surface area contributed by atoms with Crippen LogP contribution in [0.4, 0.5) is 10.1 Å². The van der Waals surface area contributed by atoms with Crippen LogP contribution in [0.2, 0.25) is 0 Å². The summed E-state index contributed by atoms with van der Waals surface area (Å²) >= 11 is 0. The van der Waals surface area contributed by atoms with E-state index in [4.69, 9.17) is 4.74 Å². The summed E-state index contributed by atoms with van der Waals surface area (Å²) in [5.74, 6) is -0.497. The number of hydrogen-bond acceptors (Lipinski definition) is 4. The van der Waals surface area contributed by atoms with E-state index in [1.165, 1.54) is 18.2 Å². The van der Waals surface area contributed by atoms with Crippen molar-refractivity contribution in [2.24, 2.45) is 0 Å². The lowest BCUT2D eigenvalue weighted by Gasteiger charge is -2.26. The maximum Gasteiger partial charge on any atom is 0.248 e. The Morgan fingerprint density at radius 3 is 2.66 bits per heavy atom. The maximum atomic E-state index is 13.2. The van der Waals surface area contributed by atoms with Gasteiger partial charge in [0.25, 0.3) is 0 Å². The van der Waals surface area contributed by atoms with Crippen LogP contribution < -0.4 is 5.32 Å². The van der Waals surface area contributed by atoms with Crippen LogP contribution in [-0.2, 0) is 16.1 Å². The highest BCUT2D eigenvalue weighted by Crippen LogP contribution is 2.20. The van der Waals surface area contributed by atoms with Crippen molar-refractivity contribution in [1.82, 2.24) is 14.7 Å². The number of halogens is 1. The van der Waals surface area contributed by atoms with Crippen LogP contribution >= 0.6 is 0 Å². The average molecular weight is 435 g/mol. The number of benzene rings is 2. The normalized spacial score (nSPS) is 14.7. The van der Waals surface area contributed by atoms with E-state index in [1.54, 1.807) is 22.9 Å². The standard InChI is InChI=1S/C25H27FN4O2/c1-18-24(19(2)30(28-18)23-8-6-21(26)7-9-23)10-11-25(31)27-22-5-3-4-20(16-22)17-29-12-14-32-15-13-29/h3-11,16H,12-15,17H2,1-2H3,(H,27,31)/b11-10+. The van der Waals surface area contributed by atoms with Crippen molar-refractivity contribution in [3.05, 3.63) is 82.9 Å². The minimum Gasteiger partial charge on any atom is -0.379 e. The summed E-state index contributed by atoms with van der Waals surface area (Å²) in [4.78, 5) is 14.9. The van der Waals surface area contributed by atoms with Crippen molar-refractivity contribution < 1.29 is 13.9 Å². The molecule has 0 atom stereocenters. The molecule has 1 aromatic heterocycles. The van der Waals surface area contributed by atoms with Crippen molar-refractivity contribution in [2.75, 3.05) is 31.6 Å². The minimum absolute atomic E-state index is 0.207. The molecule has 0 aliphatic carbocycles. The fourth-order valence-corrected chi connectivity index (χ4v) is 3.84. The highest BCUT2D eigenvalue weighted by atomic mass is 19.1. The minimum atomic E-state index is -0.291. The van der Waals surface area contributed by atoms with Crippen LogP contribution in [0, 0.1) is 19.7 Å². The van der Waals surface area contributed by atoms with Gasteiger partial charge in [-0.3, -0.25) is 9.69 Å². The highest BCUT2D eigenvalue weighted by molar-refractivity contribution is 6.02. The second-order valence-electron chi connectivity index (χ2n) is 7.88. The quantitative estimate of drug-likeness (QED) is 0.593. The second-order valence-corrected chi connectivity index (χ2v) is 7.88. The molecule has 7 heteroatoms. The summed E-state index contributed by atoms with van der Waals surface area (Å²) in [6, 6.07) is 14.1. The van der Waals surface area contributed by atoms with E-state index < -0.39 is 0 Å². The zero-order valence-electron chi connectivity index (χ0n) is 18.3. The summed E-state index contributed by atoms with van der Waals surface area (Å²) in [7, 11) is 0. The summed E-state index contributed by atoms with van der Waals surface area (Å²) in [6.45, 7) is 8.02. The van der Waals surface area contributed by atoms with Gasteiger partial charge in [-0.15, -0.1) is 0 Å². The molecule has 0 spiro atoms. The SMILES string of the molecule is Cc1nn(-c2ccc(F)cc2)c(C)c1/C=C/C(=O)Nc1cccc(CN2CCOCC2)c1. The topological polar surface area (TPSA) is 59.4 Å². The number of aromatic nitrogens is 2. The Morgan fingerprint density at radius 2 is 1.91 bits per heavy atom. The van der Waals surface area contributed by atoms with Crippen LogP contribution in [0.3, 0.4) is 0 Å². The molecule has 0 unspecified atom stereocenters.